The highest BCUT2D eigenvalue weighted by Gasteiger charge is 2.27. The minimum Gasteiger partial charge on any atom is -0.476 e. The van der Waals surface area contributed by atoms with Gasteiger partial charge in [0.05, 0.1) is 6.04 Å². The molecule has 0 saturated heterocycles. The third-order valence-electron chi connectivity index (χ3n) is 2.96. The average molecular weight is 270 g/mol. The van der Waals surface area contributed by atoms with Crippen molar-refractivity contribution in [3.8, 4) is 0 Å². The van der Waals surface area contributed by atoms with E-state index < -0.39 is 11.4 Å². The number of hydrogen-bond acceptors (Lipinski definition) is 4. The highest BCUT2D eigenvalue weighted by Crippen LogP contribution is 2.23. The van der Waals surface area contributed by atoms with Crippen molar-refractivity contribution in [3.63, 3.8) is 0 Å². The molecule has 0 aliphatic heterocycles. The maximum atomic E-state index is 12.0. The van der Waals surface area contributed by atoms with Gasteiger partial charge in [-0.15, -0.1) is 11.3 Å². The molecular weight excluding hydrogens is 252 g/mol. The van der Waals surface area contributed by atoms with Gasteiger partial charge in [0.1, 0.15) is 5.01 Å². The van der Waals surface area contributed by atoms with Gasteiger partial charge < -0.3 is 10.4 Å². The van der Waals surface area contributed by atoms with Crippen LogP contribution in [0.1, 0.15) is 55.7 Å². The molecule has 100 valence electrons. The molecule has 0 radical (unpaired) electrons. The Labute approximate surface area is 110 Å². The first-order valence-corrected chi connectivity index (χ1v) is 6.65. The fourth-order valence-corrected chi connectivity index (χ4v) is 2.00. The van der Waals surface area contributed by atoms with Crippen LogP contribution in [0.3, 0.4) is 0 Å². The van der Waals surface area contributed by atoms with Crippen LogP contribution < -0.4 is 5.32 Å². The second kappa shape index (κ2) is 5.48. The second-order valence-electron chi connectivity index (χ2n) is 4.81. The Balaban J connectivity index is 2.73. The molecule has 0 spiro atoms. The molecule has 6 heteroatoms. The summed E-state index contributed by atoms with van der Waals surface area (Å²) in [5.74, 6) is -1.10. The molecular formula is C12H18N2O3S. The molecule has 0 aromatic carbocycles. The first-order valence-electron chi connectivity index (χ1n) is 5.77. The minimum atomic E-state index is -1.05. The number of thiazole rings is 1. The van der Waals surface area contributed by atoms with Crippen LogP contribution in [0.25, 0.3) is 0 Å². The van der Waals surface area contributed by atoms with Crippen LogP contribution in [-0.2, 0) is 4.79 Å². The molecule has 0 aliphatic rings. The van der Waals surface area contributed by atoms with Crippen molar-refractivity contribution in [2.75, 3.05) is 0 Å². The van der Waals surface area contributed by atoms with E-state index >= 15 is 0 Å². The van der Waals surface area contributed by atoms with Crippen LogP contribution in [0.4, 0.5) is 0 Å². The number of carboxylic acid groups (broad SMARTS) is 1. The Bertz CT molecular complexity index is 454. The lowest BCUT2D eigenvalue weighted by Crippen LogP contribution is -2.37. The van der Waals surface area contributed by atoms with E-state index in [0.29, 0.717) is 5.01 Å². The zero-order valence-electron chi connectivity index (χ0n) is 11.0. The number of nitrogens with zero attached hydrogens (tertiary/aromatic N) is 1. The third-order valence-corrected chi connectivity index (χ3v) is 3.99. The average Bonchev–Trinajstić information content (AvgIpc) is 2.78. The fourth-order valence-electron chi connectivity index (χ4n) is 1.20. The van der Waals surface area contributed by atoms with E-state index in [1.54, 1.807) is 6.92 Å². The van der Waals surface area contributed by atoms with Gasteiger partial charge in [0.25, 0.3) is 0 Å². The topological polar surface area (TPSA) is 79.3 Å². The number of aromatic nitrogens is 1. The highest BCUT2D eigenvalue weighted by molar-refractivity contribution is 7.09. The van der Waals surface area contributed by atoms with E-state index in [9.17, 15) is 9.59 Å². The number of rotatable bonds is 5. The van der Waals surface area contributed by atoms with Crippen molar-refractivity contribution in [2.24, 2.45) is 5.41 Å². The number of aromatic carboxylic acids is 1. The maximum Gasteiger partial charge on any atom is 0.355 e. The Hall–Kier alpha value is -1.43. The highest BCUT2D eigenvalue weighted by atomic mass is 32.1. The monoisotopic (exact) mass is 270 g/mol. The van der Waals surface area contributed by atoms with Crippen molar-refractivity contribution in [3.05, 3.63) is 16.1 Å². The molecule has 5 nitrogen and oxygen atoms in total. The van der Waals surface area contributed by atoms with E-state index in [1.807, 2.05) is 20.8 Å². The molecule has 1 heterocycles. The summed E-state index contributed by atoms with van der Waals surface area (Å²) in [5.41, 5.74) is -0.410. The zero-order valence-corrected chi connectivity index (χ0v) is 11.8. The standard InChI is InChI=1S/C12H18N2O3S/c1-5-12(3,4)11(17)13-7(2)9-14-8(6-18-9)10(15)16/h6-7H,5H2,1-4H3,(H,13,17)(H,15,16). The molecule has 1 unspecified atom stereocenters. The molecule has 1 rings (SSSR count). The van der Waals surface area contributed by atoms with Crippen molar-refractivity contribution >= 4 is 23.2 Å². The van der Waals surface area contributed by atoms with Gasteiger partial charge in [-0.1, -0.05) is 20.8 Å². The van der Waals surface area contributed by atoms with Gasteiger partial charge in [-0.25, -0.2) is 9.78 Å². The Morgan fingerprint density at radius 1 is 1.56 bits per heavy atom. The van der Waals surface area contributed by atoms with Gasteiger partial charge >= 0.3 is 5.97 Å². The summed E-state index contributed by atoms with van der Waals surface area (Å²) in [5, 5.41) is 13.7. The van der Waals surface area contributed by atoms with Crippen molar-refractivity contribution in [1.82, 2.24) is 10.3 Å². The summed E-state index contributed by atoms with van der Waals surface area (Å²) < 4.78 is 0. The summed E-state index contributed by atoms with van der Waals surface area (Å²) >= 11 is 1.24. The minimum absolute atomic E-state index is 0.0193. The van der Waals surface area contributed by atoms with E-state index in [1.165, 1.54) is 16.7 Å². The molecule has 1 aromatic rings. The molecule has 0 bridgehead atoms. The lowest BCUT2D eigenvalue weighted by molar-refractivity contribution is -0.130. The van der Waals surface area contributed by atoms with E-state index in [4.69, 9.17) is 5.11 Å². The molecule has 0 aliphatic carbocycles. The Morgan fingerprint density at radius 3 is 2.61 bits per heavy atom. The number of hydrogen-bond donors (Lipinski definition) is 2. The largest absolute Gasteiger partial charge is 0.476 e. The smallest absolute Gasteiger partial charge is 0.355 e. The summed E-state index contributed by atoms with van der Waals surface area (Å²) in [6.07, 6.45) is 0.740. The van der Waals surface area contributed by atoms with Gasteiger partial charge in [0.2, 0.25) is 5.91 Å². The SMILES string of the molecule is CCC(C)(C)C(=O)NC(C)c1nc(C(=O)O)cs1. The van der Waals surface area contributed by atoms with Gasteiger partial charge in [-0.3, -0.25) is 4.79 Å². The predicted octanol–water partition coefficient (Wildman–Crippen LogP) is 2.45. The molecule has 1 aromatic heterocycles. The number of amides is 1. The van der Waals surface area contributed by atoms with Crippen LogP contribution >= 0.6 is 11.3 Å². The summed E-state index contributed by atoms with van der Waals surface area (Å²) in [4.78, 5) is 26.7. The van der Waals surface area contributed by atoms with Crippen molar-refractivity contribution in [1.29, 1.82) is 0 Å². The van der Waals surface area contributed by atoms with Gasteiger partial charge in [0.15, 0.2) is 5.69 Å². The van der Waals surface area contributed by atoms with Crippen LogP contribution in [0, 0.1) is 5.41 Å². The summed E-state index contributed by atoms with van der Waals surface area (Å²) in [7, 11) is 0. The molecule has 0 fully saturated rings. The maximum absolute atomic E-state index is 12.0. The lowest BCUT2D eigenvalue weighted by atomic mass is 9.89. The summed E-state index contributed by atoms with van der Waals surface area (Å²) in [6.45, 7) is 7.50. The molecule has 2 N–H and O–H groups in total. The van der Waals surface area contributed by atoms with Gasteiger partial charge in [0, 0.05) is 10.8 Å². The predicted molar refractivity (Wildman–Crippen MR) is 69.7 cm³/mol. The first kappa shape index (κ1) is 14.6. The van der Waals surface area contributed by atoms with Gasteiger partial charge in [-0.2, -0.15) is 0 Å². The van der Waals surface area contributed by atoms with Crippen LogP contribution in [0.2, 0.25) is 0 Å². The zero-order chi connectivity index (χ0) is 13.9. The van der Waals surface area contributed by atoms with Crippen LogP contribution in [0.5, 0.6) is 0 Å². The number of carbonyl (C=O) groups is 2. The normalized spacial score (nSPS) is 13.1. The second-order valence-corrected chi connectivity index (χ2v) is 5.70. The van der Waals surface area contributed by atoms with Crippen LogP contribution in [0.15, 0.2) is 5.38 Å². The molecule has 0 saturated carbocycles. The van der Waals surface area contributed by atoms with E-state index in [0.717, 1.165) is 6.42 Å². The molecule has 1 atom stereocenters. The summed E-state index contributed by atoms with van der Waals surface area (Å²) in [6, 6.07) is -0.276. The Kier molecular flexibility index (Phi) is 4.45. The third kappa shape index (κ3) is 3.29. The first-order chi connectivity index (χ1) is 8.27. The lowest BCUT2D eigenvalue weighted by Gasteiger charge is -2.23. The number of carbonyl (C=O) groups excluding carboxylic acids is 1. The van der Waals surface area contributed by atoms with Crippen molar-refractivity contribution < 1.29 is 14.7 Å². The quantitative estimate of drug-likeness (QED) is 0.861. The van der Waals surface area contributed by atoms with Crippen LogP contribution in [-0.4, -0.2) is 22.0 Å². The van der Waals surface area contributed by atoms with E-state index in [-0.39, 0.29) is 17.6 Å². The van der Waals surface area contributed by atoms with Crippen molar-refractivity contribution in [2.45, 2.75) is 40.2 Å². The Morgan fingerprint density at radius 2 is 2.17 bits per heavy atom. The fraction of sp³-hybridized carbons (Fsp3) is 0.583. The van der Waals surface area contributed by atoms with Gasteiger partial charge in [-0.05, 0) is 13.3 Å². The number of carboxylic acids is 1. The molecule has 1 amide bonds. The van der Waals surface area contributed by atoms with E-state index in [2.05, 4.69) is 10.3 Å². The number of nitrogens with one attached hydrogen (secondary N) is 1. The molecule has 18 heavy (non-hydrogen) atoms.